The summed E-state index contributed by atoms with van der Waals surface area (Å²) in [5, 5.41) is 27.1. The van der Waals surface area contributed by atoms with Crippen molar-refractivity contribution in [2.24, 2.45) is 5.73 Å². The Morgan fingerprint density at radius 2 is 1.92 bits per heavy atom. The number of hydrogen-bond donors (Lipinski definition) is 4. The summed E-state index contributed by atoms with van der Waals surface area (Å²) in [5.74, 6) is -0.548. The van der Waals surface area contributed by atoms with Crippen LogP contribution in [0.15, 0.2) is 18.2 Å². The summed E-state index contributed by atoms with van der Waals surface area (Å²) in [6.45, 7) is 0.238. The number of aliphatic hydroxyl groups is 1. The fourth-order valence-electron chi connectivity index (χ4n) is 1.11. The molecule has 0 heterocycles. The SMILES string of the molecule is NCC(CO)c1ccc(O)c(O)c1. The van der Waals surface area contributed by atoms with Crippen LogP contribution in [-0.4, -0.2) is 28.5 Å². The van der Waals surface area contributed by atoms with Crippen molar-refractivity contribution >= 4 is 0 Å². The molecule has 1 rings (SSSR count). The highest BCUT2D eigenvalue weighted by Gasteiger charge is 2.10. The second-order valence-electron chi connectivity index (χ2n) is 2.86. The Morgan fingerprint density at radius 3 is 2.38 bits per heavy atom. The molecule has 1 aromatic carbocycles. The highest BCUT2D eigenvalue weighted by atomic mass is 16.3. The van der Waals surface area contributed by atoms with Gasteiger partial charge >= 0.3 is 0 Å². The zero-order valence-electron chi connectivity index (χ0n) is 7.14. The van der Waals surface area contributed by atoms with Gasteiger partial charge in [0.1, 0.15) is 0 Å². The lowest BCUT2D eigenvalue weighted by atomic mass is 10.00. The van der Waals surface area contributed by atoms with Gasteiger partial charge in [-0.05, 0) is 17.7 Å². The van der Waals surface area contributed by atoms with E-state index in [1.807, 2.05) is 0 Å². The fourth-order valence-corrected chi connectivity index (χ4v) is 1.11. The summed E-state index contributed by atoms with van der Waals surface area (Å²) in [5.41, 5.74) is 6.12. The van der Waals surface area contributed by atoms with Gasteiger partial charge in [0, 0.05) is 12.5 Å². The first kappa shape index (κ1) is 9.83. The van der Waals surface area contributed by atoms with Crippen molar-refractivity contribution in [3.05, 3.63) is 23.8 Å². The number of rotatable bonds is 3. The fraction of sp³-hybridized carbons (Fsp3) is 0.333. The van der Waals surface area contributed by atoms with E-state index in [-0.39, 0.29) is 24.0 Å². The number of benzene rings is 1. The molecule has 72 valence electrons. The lowest BCUT2D eigenvalue weighted by Gasteiger charge is -2.12. The molecule has 0 fully saturated rings. The van der Waals surface area contributed by atoms with Crippen LogP contribution in [0.25, 0.3) is 0 Å². The molecule has 0 aliphatic heterocycles. The third-order valence-corrected chi connectivity index (χ3v) is 1.98. The first-order valence-electron chi connectivity index (χ1n) is 4.01. The molecule has 4 nitrogen and oxygen atoms in total. The van der Waals surface area contributed by atoms with Crippen molar-refractivity contribution in [1.82, 2.24) is 0 Å². The number of aliphatic hydroxyl groups excluding tert-OH is 1. The minimum absolute atomic E-state index is 0.0687. The molecule has 0 bridgehead atoms. The molecule has 5 N–H and O–H groups in total. The Balaban J connectivity index is 2.95. The van der Waals surface area contributed by atoms with Crippen LogP contribution in [0.3, 0.4) is 0 Å². The van der Waals surface area contributed by atoms with Gasteiger partial charge in [-0.3, -0.25) is 0 Å². The molecule has 0 aliphatic carbocycles. The molecule has 1 atom stereocenters. The van der Waals surface area contributed by atoms with Crippen molar-refractivity contribution in [3.8, 4) is 11.5 Å². The molecular weight excluding hydrogens is 170 g/mol. The second kappa shape index (κ2) is 4.11. The van der Waals surface area contributed by atoms with E-state index in [1.54, 1.807) is 6.07 Å². The first-order chi connectivity index (χ1) is 6.19. The normalized spacial score (nSPS) is 12.8. The average molecular weight is 183 g/mol. The molecule has 0 saturated carbocycles. The molecule has 1 unspecified atom stereocenters. The standard InChI is InChI=1S/C9H13NO3/c10-4-7(5-11)6-1-2-8(12)9(13)3-6/h1-3,7,11-13H,4-5,10H2. The van der Waals surface area contributed by atoms with Crippen LogP contribution in [0.2, 0.25) is 0 Å². The van der Waals surface area contributed by atoms with Gasteiger partial charge in [-0.25, -0.2) is 0 Å². The maximum atomic E-state index is 9.17. The van der Waals surface area contributed by atoms with Gasteiger partial charge in [-0.15, -0.1) is 0 Å². The molecule has 0 amide bonds. The van der Waals surface area contributed by atoms with E-state index in [2.05, 4.69) is 0 Å². The zero-order chi connectivity index (χ0) is 9.84. The molecule has 0 radical (unpaired) electrons. The number of aromatic hydroxyl groups is 2. The van der Waals surface area contributed by atoms with E-state index in [0.717, 1.165) is 5.56 Å². The molecule has 0 aromatic heterocycles. The Labute approximate surface area is 76.2 Å². The van der Waals surface area contributed by atoms with Gasteiger partial charge in [0.25, 0.3) is 0 Å². The topological polar surface area (TPSA) is 86.7 Å². The van der Waals surface area contributed by atoms with Crippen molar-refractivity contribution in [1.29, 1.82) is 0 Å². The van der Waals surface area contributed by atoms with Crippen LogP contribution < -0.4 is 5.73 Å². The van der Waals surface area contributed by atoms with Crippen LogP contribution in [0.4, 0.5) is 0 Å². The number of hydrogen-bond acceptors (Lipinski definition) is 4. The zero-order valence-corrected chi connectivity index (χ0v) is 7.14. The van der Waals surface area contributed by atoms with E-state index in [0.29, 0.717) is 6.54 Å². The maximum Gasteiger partial charge on any atom is 0.157 e. The predicted octanol–water partition coefficient (Wildman–Crippen LogP) is 0.132. The third-order valence-electron chi connectivity index (χ3n) is 1.98. The van der Waals surface area contributed by atoms with Crippen LogP contribution >= 0.6 is 0 Å². The number of phenolic OH excluding ortho intramolecular Hbond substituents is 2. The van der Waals surface area contributed by atoms with Crippen LogP contribution in [0, 0.1) is 0 Å². The highest BCUT2D eigenvalue weighted by Crippen LogP contribution is 2.27. The largest absolute Gasteiger partial charge is 0.504 e. The maximum absolute atomic E-state index is 9.17. The quantitative estimate of drug-likeness (QED) is 0.502. The van der Waals surface area contributed by atoms with E-state index >= 15 is 0 Å². The van der Waals surface area contributed by atoms with Crippen LogP contribution in [0.1, 0.15) is 11.5 Å². The summed E-state index contributed by atoms with van der Waals surface area (Å²) < 4.78 is 0. The van der Waals surface area contributed by atoms with Crippen molar-refractivity contribution in [3.63, 3.8) is 0 Å². The van der Waals surface area contributed by atoms with E-state index in [9.17, 15) is 0 Å². The highest BCUT2D eigenvalue weighted by molar-refractivity contribution is 5.41. The monoisotopic (exact) mass is 183 g/mol. The van der Waals surface area contributed by atoms with Crippen LogP contribution in [0.5, 0.6) is 11.5 Å². The number of nitrogens with two attached hydrogens (primary N) is 1. The minimum Gasteiger partial charge on any atom is -0.504 e. The summed E-state index contributed by atoms with van der Waals surface area (Å²) in [6, 6.07) is 4.41. The Kier molecular flexibility index (Phi) is 3.11. The Hall–Kier alpha value is -1.26. The van der Waals surface area contributed by atoms with Gasteiger partial charge in [-0.2, -0.15) is 0 Å². The van der Waals surface area contributed by atoms with Gasteiger partial charge in [-0.1, -0.05) is 6.07 Å². The average Bonchev–Trinajstić information content (AvgIpc) is 2.13. The summed E-state index contributed by atoms with van der Waals surface area (Å²) >= 11 is 0. The molecule has 0 spiro atoms. The molecule has 0 aliphatic rings. The molecule has 1 aromatic rings. The van der Waals surface area contributed by atoms with Crippen molar-refractivity contribution in [2.75, 3.05) is 13.2 Å². The van der Waals surface area contributed by atoms with Gasteiger partial charge in [0.2, 0.25) is 0 Å². The third kappa shape index (κ3) is 2.11. The molecule has 0 saturated heterocycles. The number of phenols is 2. The Morgan fingerprint density at radius 1 is 1.23 bits per heavy atom. The van der Waals surface area contributed by atoms with Crippen LogP contribution in [-0.2, 0) is 0 Å². The molecular formula is C9H13NO3. The minimum atomic E-state index is -0.190. The lowest BCUT2D eigenvalue weighted by Crippen LogP contribution is -2.15. The van der Waals surface area contributed by atoms with Crippen molar-refractivity contribution < 1.29 is 15.3 Å². The van der Waals surface area contributed by atoms with E-state index in [4.69, 9.17) is 21.1 Å². The van der Waals surface area contributed by atoms with E-state index in [1.165, 1.54) is 12.1 Å². The molecule has 4 heteroatoms. The predicted molar refractivity (Wildman–Crippen MR) is 48.7 cm³/mol. The van der Waals surface area contributed by atoms with Gasteiger partial charge < -0.3 is 21.1 Å². The second-order valence-corrected chi connectivity index (χ2v) is 2.86. The summed E-state index contributed by atoms with van der Waals surface area (Å²) in [7, 11) is 0. The lowest BCUT2D eigenvalue weighted by molar-refractivity contribution is 0.267. The summed E-state index contributed by atoms with van der Waals surface area (Å²) in [6.07, 6.45) is 0. The molecule has 13 heavy (non-hydrogen) atoms. The van der Waals surface area contributed by atoms with E-state index < -0.39 is 0 Å². The van der Waals surface area contributed by atoms with Crippen molar-refractivity contribution in [2.45, 2.75) is 5.92 Å². The van der Waals surface area contributed by atoms with Gasteiger partial charge in [0.05, 0.1) is 6.61 Å². The van der Waals surface area contributed by atoms with Gasteiger partial charge in [0.15, 0.2) is 11.5 Å². The Bertz CT molecular complexity index is 284. The smallest absolute Gasteiger partial charge is 0.157 e. The first-order valence-corrected chi connectivity index (χ1v) is 4.01. The summed E-state index contributed by atoms with van der Waals surface area (Å²) in [4.78, 5) is 0.